The van der Waals surface area contributed by atoms with Crippen molar-refractivity contribution in [2.24, 2.45) is 4.99 Å². The molecule has 1 N–H and O–H groups in total. The Morgan fingerprint density at radius 2 is 1.67 bits per heavy atom. The van der Waals surface area contributed by atoms with Gasteiger partial charge in [-0.05, 0) is 56.3 Å². The summed E-state index contributed by atoms with van der Waals surface area (Å²) < 4.78 is 0.950. The van der Waals surface area contributed by atoms with Gasteiger partial charge in [0.2, 0.25) is 5.96 Å². The van der Waals surface area contributed by atoms with E-state index in [1.54, 1.807) is 39.1 Å². The number of thiazole rings is 1. The van der Waals surface area contributed by atoms with Gasteiger partial charge in [0.05, 0.1) is 10.2 Å². The molecule has 138 valence electrons. The normalized spacial score (nSPS) is 11.5. The van der Waals surface area contributed by atoms with E-state index in [2.05, 4.69) is 15.3 Å². The van der Waals surface area contributed by atoms with Crippen molar-refractivity contribution in [3.05, 3.63) is 53.6 Å². The lowest BCUT2D eigenvalue weighted by Gasteiger charge is -2.19. The molecule has 1 heterocycles. The molecule has 0 unspecified atom stereocenters. The van der Waals surface area contributed by atoms with Gasteiger partial charge in [0, 0.05) is 30.9 Å². The van der Waals surface area contributed by atoms with E-state index in [1.165, 1.54) is 11.3 Å². The molecule has 0 aliphatic rings. The van der Waals surface area contributed by atoms with Gasteiger partial charge in [-0.15, -0.1) is 0 Å². The second-order valence-corrected chi connectivity index (χ2v) is 7.11. The second kappa shape index (κ2) is 7.67. The first-order valence-electron chi connectivity index (χ1n) is 8.39. The van der Waals surface area contributed by atoms with E-state index in [0.717, 1.165) is 21.0 Å². The molecule has 0 atom stereocenters. The van der Waals surface area contributed by atoms with Crippen LogP contribution in [0.4, 0.5) is 10.8 Å². The van der Waals surface area contributed by atoms with E-state index in [-0.39, 0.29) is 11.6 Å². The summed E-state index contributed by atoms with van der Waals surface area (Å²) >= 11 is 1.49. The molecule has 27 heavy (non-hydrogen) atoms. The van der Waals surface area contributed by atoms with E-state index in [4.69, 9.17) is 0 Å². The van der Waals surface area contributed by atoms with Gasteiger partial charge in [0.25, 0.3) is 0 Å². The minimum absolute atomic E-state index is 0.0301. The first-order valence-corrected chi connectivity index (χ1v) is 9.20. The molecule has 0 aliphatic carbocycles. The van der Waals surface area contributed by atoms with Gasteiger partial charge in [-0.2, -0.15) is 0 Å². The third-order valence-corrected chi connectivity index (χ3v) is 5.24. The van der Waals surface area contributed by atoms with Crippen LogP contribution in [-0.4, -0.2) is 36.6 Å². The zero-order chi connectivity index (χ0) is 19.6. The second-order valence-electron chi connectivity index (χ2n) is 6.10. The van der Waals surface area contributed by atoms with Crippen LogP contribution in [0.2, 0.25) is 0 Å². The van der Waals surface area contributed by atoms with E-state index < -0.39 is 0 Å². The monoisotopic (exact) mass is 380 g/mol. The van der Waals surface area contributed by atoms with Crippen LogP contribution in [0.3, 0.4) is 0 Å². The van der Waals surface area contributed by atoms with Crippen LogP contribution < -0.4 is 10.2 Å². The predicted octanol–water partition coefficient (Wildman–Crippen LogP) is 4.24. The highest BCUT2D eigenvalue weighted by atomic mass is 32.1. The van der Waals surface area contributed by atoms with Crippen LogP contribution in [0.15, 0.2) is 47.5 Å². The number of hydrogen-bond acceptors (Lipinski definition) is 5. The number of fused-ring (bicyclic) bond motifs is 1. The minimum atomic E-state index is 0.0301. The summed E-state index contributed by atoms with van der Waals surface area (Å²) in [6, 6.07) is 12.7. The van der Waals surface area contributed by atoms with Gasteiger partial charge in [-0.25, -0.2) is 4.98 Å². The molecular formula is C20H20N4O2S. The van der Waals surface area contributed by atoms with Crippen LogP contribution in [-0.2, 0) is 0 Å². The molecule has 0 saturated heterocycles. The van der Waals surface area contributed by atoms with Crippen molar-refractivity contribution < 1.29 is 9.59 Å². The van der Waals surface area contributed by atoms with Crippen LogP contribution >= 0.6 is 11.3 Å². The maximum atomic E-state index is 11.6. The number of anilines is 2. The number of Topliss-reactive ketones (excluding diaryl/α,β-unsaturated/α-hetero) is 2. The van der Waals surface area contributed by atoms with Crippen LogP contribution in [0.1, 0.15) is 34.6 Å². The van der Waals surface area contributed by atoms with Crippen molar-refractivity contribution in [3.63, 3.8) is 0 Å². The number of rotatable bonds is 4. The highest BCUT2D eigenvalue weighted by molar-refractivity contribution is 7.22. The summed E-state index contributed by atoms with van der Waals surface area (Å²) in [6.07, 6.45) is 0. The Balaban J connectivity index is 1.84. The number of nitrogens with one attached hydrogen (secondary N) is 1. The molecule has 0 radical (unpaired) electrons. The Morgan fingerprint density at radius 1 is 1.04 bits per heavy atom. The van der Waals surface area contributed by atoms with Crippen molar-refractivity contribution in [2.45, 2.75) is 13.8 Å². The maximum Gasteiger partial charge on any atom is 0.204 e. The highest BCUT2D eigenvalue weighted by Gasteiger charge is 2.15. The number of carbonyl (C=O) groups excluding carboxylic acids is 2. The Hall–Kier alpha value is -3.06. The minimum Gasteiger partial charge on any atom is -0.326 e. The molecule has 3 aromatic rings. The van der Waals surface area contributed by atoms with Crippen molar-refractivity contribution in [1.29, 1.82) is 0 Å². The van der Waals surface area contributed by atoms with E-state index in [1.807, 2.05) is 36.2 Å². The molecule has 1 aromatic heterocycles. The first kappa shape index (κ1) is 18.7. The number of guanidine groups is 1. The predicted molar refractivity (Wildman–Crippen MR) is 111 cm³/mol. The van der Waals surface area contributed by atoms with Gasteiger partial charge in [0.15, 0.2) is 16.7 Å². The fraction of sp³-hybridized carbons (Fsp3) is 0.200. The maximum absolute atomic E-state index is 11.6. The van der Waals surface area contributed by atoms with E-state index in [0.29, 0.717) is 17.1 Å². The molecule has 7 heteroatoms. The average molecular weight is 380 g/mol. The lowest BCUT2D eigenvalue weighted by molar-refractivity contribution is 0.100. The summed E-state index contributed by atoms with van der Waals surface area (Å²) in [5.41, 5.74) is 3.00. The number of hydrogen-bond donors (Lipinski definition) is 1. The number of aliphatic imine (C=N–C) groups is 1. The Labute approximate surface area is 161 Å². The lowest BCUT2D eigenvalue weighted by Crippen LogP contribution is -2.32. The summed E-state index contributed by atoms with van der Waals surface area (Å²) in [7, 11) is 3.58. The number of aromatic nitrogens is 1. The number of nitrogens with zero attached hydrogens (tertiary/aromatic N) is 3. The molecule has 0 spiro atoms. The van der Waals surface area contributed by atoms with Gasteiger partial charge in [-0.1, -0.05) is 11.3 Å². The average Bonchev–Trinajstić information content (AvgIpc) is 3.09. The molecule has 3 rings (SSSR count). The molecule has 0 fully saturated rings. The SMILES string of the molecule is CN=C(Nc1ccc(C(C)=O)cc1)N(C)c1nc2ccc(C(C)=O)cc2s1. The van der Waals surface area contributed by atoms with E-state index >= 15 is 0 Å². The van der Waals surface area contributed by atoms with Crippen LogP contribution in [0, 0.1) is 0 Å². The van der Waals surface area contributed by atoms with Crippen molar-refractivity contribution in [2.75, 3.05) is 24.3 Å². The fourth-order valence-corrected chi connectivity index (χ4v) is 3.54. The molecule has 2 aromatic carbocycles. The molecule has 0 bridgehead atoms. The Morgan fingerprint density at radius 3 is 2.26 bits per heavy atom. The van der Waals surface area contributed by atoms with Gasteiger partial charge < -0.3 is 5.32 Å². The van der Waals surface area contributed by atoms with E-state index in [9.17, 15) is 9.59 Å². The van der Waals surface area contributed by atoms with Gasteiger partial charge in [0.1, 0.15) is 0 Å². The quantitative estimate of drug-likeness (QED) is 0.416. The zero-order valence-corrected chi connectivity index (χ0v) is 16.4. The molecule has 0 saturated carbocycles. The largest absolute Gasteiger partial charge is 0.326 e. The van der Waals surface area contributed by atoms with Crippen molar-refractivity contribution in [3.8, 4) is 0 Å². The molecule has 0 amide bonds. The summed E-state index contributed by atoms with van der Waals surface area (Å²) in [5.74, 6) is 0.686. The Kier molecular flexibility index (Phi) is 5.32. The molecule has 6 nitrogen and oxygen atoms in total. The topological polar surface area (TPSA) is 74.7 Å². The number of carbonyl (C=O) groups is 2. The highest BCUT2D eigenvalue weighted by Crippen LogP contribution is 2.29. The molecule has 0 aliphatic heterocycles. The Bertz CT molecular complexity index is 1040. The fourth-order valence-electron chi connectivity index (χ4n) is 2.57. The van der Waals surface area contributed by atoms with Crippen molar-refractivity contribution in [1.82, 2.24) is 4.98 Å². The lowest BCUT2D eigenvalue weighted by atomic mass is 10.1. The summed E-state index contributed by atoms with van der Waals surface area (Å²) in [6.45, 7) is 3.10. The van der Waals surface area contributed by atoms with Crippen molar-refractivity contribution >= 4 is 49.9 Å². The smallest absolute Gasteiger partial charge is 0.204 e. The third-order valence-electron chi connectivity index (χ3n) is 4.15. The molecular weight excluding hydrogens is 360 g/mol. The van der Waals surface area contributed by atoms with Gasteiger partial charge >= 0.3 is 0 Å². The third kappa shape index (κ3) is 4.03. The standard InChI is InChI=1S/C20H20N4O2S/c1-12(25)14-5-8-16(9-6-14)22-19(21-3)24(4)20-23-17-10-7-15(13(2)26)11-18(17)27-20/h5-11H,1-4H3,(H,21,22). The zero-order valence-electron chi connectivity index (χ0n) is 15.6. The van der Waals surface area contributed by atoms with Crippen LogP contribution in [0.5, 0.6) is 0 Å². The summed E-state index contributed by atoms with van der Waals surface area (Å²) in [5, 5.41) is 4.01. The van der Waals surface area contributed by atoms with Crippen LogP contribution in [0.25, 0.3) is 10.2 Å². The number of benzene rings is 2. The summed E-state index contributed by atoms with van der Waals surface area (Å²) in [4.78, 5) is 33.8. The van der Waals surface area contributed by atoms with Gasteiger partial charge in [-0.3, -0.25) is 19.5 Å². The number of ketones is 2. The first-order chi connectivity index (χ1) is 12.9.